The first-order valence-electron chi connectivity index (χ1n) is 19.8. The van der Waals surface area contributed by atoms with E-state index in [0.29, 0.717) is 18.6 Å². The van der Waals surface area contributed by atoms with E-state index in [4.69, 9.17) is 9.47 Å². The van der Waals surface area contributed by atoms with E-state index in [-0.39, 0.29) is 17.4 Å². The van der Waals surface area contributed by atoms with Gasteiger partial charge in [0.1, 0.15) is 5.76 Å². The first-order valence-corrected chi connectivity index (χ1v) is 19.8. The van der Waals surface area contributed by atoms with Crippen LogP contribution in [0.1, 0.15) is 214 Å². The van der Waals surface area contributed by atoms with Crippen LogP contribution >= 0.6 is 0 Å². The lowest BCUT2D eigenvalue weighted by Gasteiger charge is -2.40. The summed E-state index contributed by atoms with van der Waals surface area (Å²) in [5.74, 6) is 0.219. The molecule has 4 heteroatoms. The summed E-state index contributed by atoms with van der Waals surface area (Å²) in [7, 11) is 0. The average molecular weight is 631 g/mol. The molecule has 0 aliphatic heterocycles. The number of rotatable bonds is 31. The minimum Gasteiger partial charge on any atom is -0.453 e. The molecule has 0 amide bonds. The summed E-state index contributed by atoms with van der Waals surface area (Å²) in [4.78, 5) is 26.3. The fourth-order valence-electron chi connectivity index (χ4n) is 6.73. The number of hydrogen-bond donors (Lipinski definition) is 0. The Kier molecular flexibility index (Phi) is 26.4. The van der Waals surface area contributed by atoms with Gasteiger partial charge in [-0.1, -0.05) is 188 Å². The average Bonchev–Trinajstić information content (AvgIpc) is 3.03. The minimum atomic E-state index is -0.515. The summed E-state index contributed by atoms with van der Waals surface area (Å²) in [5, 5.41) is 0. The molecule has 45 heavy (non-hydrogen) atoms. The Hall–Kier alpha value is -1.58. The van der Waals surface area contributed by atoms with Gasteiger partial charge in [0.2, 0.25) is 0 Å². The molecule has 0 saturated heterocycles. The van der Waals surface area contributed by atoms with Crippen molar-refractivity contribution in [1.82, 2.24) is 0 Å². The molecule has 1 aliphatic carbocycles. The van der Waals surface area contributed by atoms with Crippen LogP contribution in [0.25, 0.3) is 0 Å². The summed E-state index contributed by atoms with van der Waals surface area (Å²) in [6, 6.07) is 0. The topological polar surface area (TPSA) is 52.6 Å². The van der Waals surface area contributed by atoms with Crippen molar-refractivity contribution in [3.63, 3.8) is 0 Å². The van der Waals surface area contributed by atoms with Crippen molar-refractivity contribution in [2.45, 2.75) is 220 Å². The standard InChI is InChI=1S/C41H74O4/c1-5-9-13-17-19-21-25-29-35-41(34-28-24-20-18-14-10-6-2)36-30-31-37(44-38(42)32-26-22-15-11-7-3)40(41)45-39(43)33-27-23-16-12-8-4/h30-31,36,40H,5-29,32-35H2,1-4H3. The number of hydrogen-bond acceptors (Lipinski definition) is 4. The maximum absolute atomic E-state index is 13.3. The van der Waals surface area contributed by atoms with E-state index in [1.807, 2.05) is 6.08 Å². The molecule has 0 aromatic carbocycles. The molecule has 1 aliphatic rings. The number of carbonyl (C=O) groups excluding carboxylic acids is 2. The van der Waals surface area contributed by atoms with Gasteiger partial charge < -0.3 is 9.47 Å². The number of unbranched alkanes of at least 4 members (excludes halogenated alkanes) is 21. The van der Waals surface area contributed by atoms with Crippen LogP contribution in [0.2, 0.25) is 0 Å². The van der Waals surface area contributed by atoms with Crippen LogP contribution < -0.4 is 0 Å². The van der Waals surface area contributed by atoms with E-state index >= 15 is 0 Å². The monoisotopic (exact) mass is 631 g/mol. The van der Waals surface area contributed by atoms with E-state index in [2.05, 4.69) is 39.8 Å². The van der Waals surface area contributed by atoms with Gasteiger partial charge >= 0.3 is 11.9 Å². The molecule has 1 rings (SSSR count). The summed E-state index contributed by atoms with van der Waals surface area (Å²) in [6.45, 7) is 8.95. The van der Waals surface area contributed by atoms with Gasteiger partial charge in [0.15, 0.2) is 6.10 Å². The van der Waals surface area contributed by atoms with Crippen LogP contribution in [0.15, 0.2) is 24.0 Å². The maximum Gasteiger partial charge on any atom is 0.310 e. The lowest BCUT2D eigenvalue weighted by Crippen LogP contribution is -2.41. The molecule has 0 aromatic rings. The Balaban J connectivity index is 3.00. The molecule has 0 aromatic heterocycles. The molecule has 0 fully saturated rings. The predicted octanol–water partition coefficient (Wildman–Crippen LogP) is 13.3. The Morgan fingerprint density at radius 1 is 0.533 bits per heavy atom. The van der Waals surface area contributed by atoms with E-state index in [1.54, 1.807) is 0 Å². The zero-order chi connectivity index (χ0) is 32.9. The number of ether oxygens (including phenoxy) is 2. The smallest absolute Gasteiger partial charge is 0.310 e. The molecule has 2 unspecified atom stereocenters. The molecule has 0 N–H and O–H groups in total. The second-order valence-electron chi connectivity index (χ2n) is 13.9. The third-order valence-electron chi connectivity index (χ3n) is 9.66. The molecular formula is C41H74O4. The summed E-state index contributed by atoms with van der Waals surface area (Å²) in [5.41, 5.74) is -0.311. The van der Waals surface area contributed by atoms with Crippen LogP contribution in [0, 0.1) is 5.41 Å². The van der Waals surface area contributed by atoms with Gasteiger partial charge in [-0.3, -0.25) is 9.59 Å². The molecule has 0 heterocycles. The van der Waals surface area contributed by atoms with E-state index < -0.39 is 6.10 Å². The lowest BCUT2D eigenvalue weighted by molar-refractivity contribution is -0.159. The molecule has 4 nitrogen and oxygen atoms in total. The normalized spacial score (nSPS) is 17.8. The fourth-order valence-corrected chi connectivity index (χ4v) is 6.73. The van der Waals surface area contributed by atoms with Gasteiger partial charge in [0.05, 0.1) is 0 Å². The number of allylic oxidation sites excluding steroid dienone is 2. The Labute approximate surface area is 280 Å². The van der Waals surface area contributed by atoms with Gasteiger partial charge in [0, 0.05) is 18.3 Å². The molecule has 0 saturated carbocycles. The summed E-state index contributed by atoms with van der Waals surface area (Å²) >= 11 is 0. The van der Waals surface area contributed by atoms with Gasteiger partial charge in [-0.05, 0) is 31.8 Å². The van der Waals surface area contributed by atoms with E-state index in [0.717, 1.165) is 64.2 Å². The number of esters is 2. The SMILES string of the molecule is CCCCCCCCCCC1(CCCCCCCCC)C=CC=C(OC(=O)CCCCCCC)C1OC(=O)CCCCCCC. The molecule has 0 radical (unpaired) electrons. The van der Waals surface area contributed by atoms with Crippen molar-refractivity contribution in [3.8, 4) is 0 Å². The zero-order valence-corrected chi connectivity index (χ0v) is 30.4. The molecule has 2 atom stereocenters. The molecule has 262 valence electrons. The fraction of sp³-hybridized carbons (Fsp3) is 0.854. The largest absolute Gasteiger partial charge is 0.453 e. The van der Waals surface area contributed by atoms with Gasteiger partial charge in [-0.15, -0.1) is 0 Å². The lowest BCUT2D eigenvalue weighted by atomic mass is 9.70. The Morgan fingerprint density at radius 2 is 0.911 bits per heavy atom. The third kappa shape index (κ3) is 20.3. The highest BCUT2D eigenvalue weighted by Crippen LogP contribution is 2.44. The minimum absolute atomic E-state index is 0.145. The summed E-state index contributed by atoms with van der Waals surface area (Å²) < 4.78 is 12.5. The van der Waals surface area contributed by atoms with Crippen LogP contribution in [0.3, 0.4) is 0 Å². The van der Waals surface area contributed by atoms with Gasteiger partial charge in [-0.25, -0.2) is 0 Å². The first kappa shape index (κ1) is 41.4. The van der Waals surface area contributed by atoms with Crippen molar-refractivity contribution in [3.05, 3.63) is 24.0 Å². The van der Waals surface area contributed by atoms with Gasteiger partial charge in [0.25, 0.3) is 0 Å². The first-order chi connectivity index (χ1) is 22.0. The van der Waals surface area contributed by atoms with Crippen LogP contribution in [-0.2, 0) is 19.1 Å². The highest BCUT2D eigenvalue weighted by Gasteiger charge is 2.43. The van der Waals surface area contributed by atoms with Crippen molar-refractivity contribution < 1.29 is 19.1 Å². The molecule has 0 spiro atoms. The van der Waals surface area contributed by atoms with Gasteiger partial charge in [-0.2, -0.15) is 0 Å². The molecular weight excluding hydrogens is 556 g/mol. The second-order valence-corrected chi connectivity index (χ2v) is 13.9. The number of carbonyl (C=O) groups is 2. The quantitative estimate of drug-likeness (QED) is 0.0565. The maximum atomic E-state index is 13.3. The third-order valence-corrected chi connectivity index (χ3v) is 9.66. The van der Waals surface area contributed by atoms with Crippen LogP contribution in [-0.4, -0.2) is 18.0 Å². The summed E-state index contributed by atoms with van der Waals surface area (Å²) in [6.07, 6.45) is 38.4. The Bertz CT molecular complexity index is 784. The van der Waals surface area contributed by atoms with E-state index in [1.165, 1.54) is 109 Å². The van der Waals surface area contributed by atoms with E-state index in [9.17, 15) is 9.59 Å². The highest BCUT2D eigenvalue weighted by molar-refractivity contribution is 5.72. The van der Waals surface area contributed by atoms with Crippen molar-refractivity contribution in [1.29, 1.82) is 0 Å². The highest BCUT2D eigenvalue weighted by atomic mass is 16.6. The van der Waals surface area contributed by atoms with Crippen molar-refractivity contribution in [2.75, 3.05) is 0 Å². The van der Waals surface area contributed by atoms with Crippen LogP contribution in [0.4, 0.5) is 0 Å². The molecule has 0 bridgehead atoms. The second kappa shape index (κ2) is 28.6. The zero-order valence-electron chi connectivity index (χ0n) is 30.4. The van der Waals surface area contributed by atoms with Crippen molar-refractivity contribution in [2.24, 2.45) is 5.41 Å². The predicted molar refractivity (Wildman–Crippen MR) is 192 cm³/mol. The van der Waals surface area contributed by atoms with Crippen molar-refractivity contribution >= 4 is 11.9 Å². The van der Waals surface area contributed by atoms with Crippen LogP contribution in [0.5, 0.6) is 0 Å². The Morgan fingerprint density at radius 3 is 1.36 bits per heavy atom.